The Morgan fingerprint density at radius 2 is 2.04 bits per heavy atom. The second-order valence-corrected chi connectivity index (χ2v) is 6.38. The quantitative estimate of drug-likeness (QED) is 0.921. The Hall–Kier alpha value is -2.70. The second kappa shape index (κ2) is 6.66. The number of anilines is 1. The van der Waals surface area contributed by atoms with E-state index in [1.165, 1.54) is 4.57 Å². The molecule has 0 radical (unpaired) electrons. The van der Waals surface area contributed by atoms with Crippen molar-refractivity contribution in [2.75, 3.05) is 18.9 Å². The van der Waals surface area contributed by atoms with Gasteiger partial charge in [0, 0.05) is 32.4 Å². The topological polar surface area (TPSA) is 80.1 Å². The van der Waals surface area contributed by atoms with Crippen LogP contribution in [0.4, 0.5) is 5.82 Å². The summed E-state index contributed by atoms with van der Waals surface area (Å²) >= 11 is 0. The summed E-state index contributed by atoms with van der Waals surface area (Å²) < 4.78 is 1.51. The Kier molecular flexibility index (Phi) is 4.57. The van der Waals surface area contributed by atoms with Gasteiger partial charge in [0.25, 0.3) is 11.5 Å². The molecule has 132 valence electrons. The van der Waals surface area contributed by atoms with E-state index in [-0.39, 0.29) is 23.1 Å². The Bertz CT molecular complexity index is 874. The zero-order valence-corrected chi connectivity index (χ0v) is 15.0. The van der Waals surface area contributed by atoms with E-state index < -0.39 is 0 Å². The summed E-state index contributed by atoms with van der Waals surface area (Å²) in [6.45, 7) is 4.30. The van der Waals surface area contributed by atoms with Crippen molar-refractivity contribution >= 4 is 11.7 Å². The lowest BCUT2D eigenvalue weighted by molar-refractivity contribution is 0.0730. The molecule has 2 aromatic rings. The number of rotatable bonds is 3. The molecular formula is C18H23N5O2. The molecular weight excluding hydrogens is 318 g/mol. The van der Waals surface area contributed by atoms with E-state index in [2.05, 4.69) is 15.3 Å². The van der Waals surface area contributed by atoms with E-state index in [1.807, 2.05) is 19.9 Å². The van der Waals surface area contributed by atoms with E-state index in [0.29, 0.717) is 12.4 Å². The van der Waals surface area contributed by atoms with E-state index in [9.17, 15) is 9.59 Å². The lowest BCUT2D eigenvalue weighted by Gasteiger charge is -2.25. The van der Waals surface area contributed by atoms with Crippen LogP contribution >= 0.6 is 0 Å². The van der Waals surface area contributed by atoms with Crippen LogP contribution in [0.3, 0.4) is 0 Å². The number of aromatic nitrogens is 3. The van der Waals surface area contributed by atoms with E-state index in [0.717, 1.165) is 30.0 Å². The largest absolute Gasteiger partial charge is 0.373 e. The van der Waals surface area contributed by atoms with Gasteiger partial charge in [-0.05, 0) is 38.8 Å². The number of amides is 1. The molecule has 7 heteroatoms. The highest BCUT2D eigenvalue weighted by molar-refractivity contribution is 5.94. The van der Waals surface area contributed by atoms with Crippen molar-refractivity contribution in [1.29, 1.82) is 0 Å². The van der Waals surface area contributed by atoms with Gasteiger partial charge < -0.3 is 14.8 Å². The summed E-state index contributed by atoms with van der Waals surface area (Å²) in [5, 5.41) is 3.02. The van der Waals surface area contributed by atoms with Crippen LogP contribution in [0.2, 0.25) is 0 Å². The maximum Gasteiger partial charge on any atom is 0.263 e. The predicted molar refractivity (Wildman–Crippen MR) is 95.7 cm³/mol. The smallest absolute Gasteiger partial charge is 0.263 e. The predicted octanol–water partition coefficient (Wildman–Crippen LogP) is 1.81. The van der Waals surface area contributed by atoms with Crippen LogP contribution in [0, 0.1) is 13.8 Å². The van der Waals surface area contributed by atoms with Gasteiger partial charge in [-0.15, -0.1) is 0 Å². The molecule has 2 aromatic heterocycles. The number of nitrogens with zero attached hydrogens (tertiary/aromatic N) is 4. The molecule has 0 unspecified atom stereocenters. The molecule has 1 saturated heterocycles. The maximum atomic E-state index is 13.0. The van der Waals surface area contributed by atoms with Crippen LogP contribution < -0.4 is 10.9 Å². The monoisotopic (exact) mass is 341 g/mol. The van der Waals surface area contributed by atoms with Gasteiger partial charge in [-0.2, -0.15) is 0 Å². The van der Waals surface area contributed by atoms with E-state index in [1.54, 1.807) is 31.1 Å². The standard InChI is InChI=1S/C18H23N5O2/c1-11-7-8-13(17(24)22(11)4)18(25)23-9-5-6-15(23)14-10-16(19-3)21-12(2)20-14/h7-8,10,15H,5-6,9H2,1-4H3,(H,19,20,21)/t15-/m1/s1. The summed E-state index contributed by atoms with van der Waals surface area (Å²) in [6.07, 6.45) is 1.72. The molecule has 1 aliphatic rings. The third-order valence-corrected chi connectivity index (χ3v) is 4.75. The van der Waals surface area contributed by atoms with Crippen LogP contribution in [0.5, 0.6) is 0 Å². The number of carbonyl (C=O) groups excluding carboxylic acids is 1. The zero-order valence-electron chi connectivity index (χ0n) is 15.0. The first-order valence-corrected chi connectivity index (χ1v) is 8.43. The normalized spacial score (nSPS) is 17.0. The van der Waals surface area contributed by atoms with Crippen molar-refractivity contribution in [2.24, 2.45) is 7.05 Å². The van der Waals surface area contributed by atoms with Gasteiger partial charge in [-0.25, -0.2) is 9.97 Å². The highest BCUT2D eigenvalue weighted by Crippen LogP contribution is 2.32. The number of hydrogen-bond acceptors (Lipinski definition) is 5. The summed E-state index contributed by atoms with van der Waals surface area (Å²) in [4.78, 5) is 36.1. The summed E-state index contributed by atoms with van der Waals surface area (Å²) in [5.74, 6) is 1.16. The van der Waals surface area contributed by atoms with Crippen LogP contribution in [0.15, 0.2) is 23.0 Å². The number of carbonyl (C=O) groups is 1. The average Bonchev–Trinajstić information content (AvgIpc) is 3.08. The SMILES string of the molecule is CNc1cc([C@H]2CCCN2C(=O)c2ccc(C)n(C)c2=O)nc(C)n1. The molecule has 0 aliphatic carbocycles. The van der Waals surface area contributed by atoms with Crippen LogP contribution in [-0.4, -0.2) is 38.9 Å². The van der Waals surface area contributed by atoms with Crippen molar-refractivity contribution in [3.8, 4) is 0 Å². The molecule has 25 heavy (non-hydrogen) atoms. The number of nitrogens with one attached hydrogen (secondary N) is 1. The average molecular weight is 341 g/mol. The molecule has 7 nitrogen and oxygen atoms in total. The van der Waals surface area contributed by atoms with E-state index in [4.69, 9.17) is 0 Å². The highest BCUT2D eigenvalue weighted by atomic mass is 16.2. The summed E-state index contributed by atoms with van der Waals surface area (Å²) in [7, 11) is 3.49. The lowest BCUT2D eigenvalue weighted by Crippen LogP contribution is -2.36. The third-order valence-electron chi connectivity index (χ3n) is 4.75. The fourth-order valence-electron chi connectivity index (χ4n) is 3.25. The molecule has 1 atom stereocenters. The maximum absolute atomic E-state index is 13.0. The van der Waals surface area contributed by atoms with Crippen LogP contribution in [0.25, 0.3) is 0 Å². The first-order valence-electron chi connectivity index (χ1n) is 8.43. The van der Waals surface area contributed by atoms with Crippen molar-refractivity contribution in [1.82, 2.24) is 19.4 Å². The molecule has 0 saturated carbocycles. The fraction of sp³-hybridized carbons (Fsp3) is 0.444. The highest BCUT2D eigenvalue weighted by Gasteiger charge is 2.33. The summed E-state index contributed by atoms with van der Waals surface area (Å²) in [6, 6.07) is 5.16. The van der Waals surface area contributed by atoms with Crippen molar-refractivity contribution in [3.63, 3.8) is 0 Å². The second-order valence-electron chi connectivity index (χ2n) is 6.38. The molecule has 1 N–H and O–H groups in total. The van der Waals surface area contributed by atoms with Crippen LogP contribution in [-0.2, 0) is 7.05 Å². The molecule has 0 bridgehead atoms. The molecule has 1 amide bonds. The first kappa shape index (κ1) is 17.1. The fourth-order valence-corrected chi connectivity index (χ4v) is 3.25. The Balaban J connectivity index is 1.97. The van der Waals surface area contributed by atoms with Crippen molar-refractivity contribution in [3.05, 3.63) is 51.3 Å². The lowest BCUT2D eigenvalue weighted by atomic mass is 10.1. The Labute approximate surface area is 146 Å². The molecule has 3 rings (SSSR count). The van der Waals surface area contributed by atoms with Gasteiger partial charge in [0.05, 0.1) is 11.7 Å². The number of hydrogen-bond donors (Lipinski definition) is 1. The van der Waals surface area contributed by atoms with Crippen molar-refractivity contribution in [2.45, 2.75) is 32.7 Å². The minimum atomic E-state index is -0.259. The Morgan fingerprint density at radius 3 is 2.76 bits per heavy atom. The molecule has 0 spiro atoms. The molecule has 0 aromatic carbocycles. The summed E-state index contributed by atoms with van der Waals surface area (Å²) in [5.41, 5.74) is 1.58. The Morgan fingerprint density at radius 1 is 1.28 bits per heavy atom. The molecule has 3 heterocycles. The molecule has 1 aliphatic heterocycles. The third kappa shape index (κ3) is 3.14. The number of pyridine rings is 1. The van der Waals surface area contributed by atoms with Gasteiger partial charge in [0.15, 0.2) is 0 Å². The molecule has 1 fully saturated rings. The van der Waals surface area contributed by atoms with Gasteiger partial charge in [0.1, 0.15) is 17.2 Å². The minimum Gasteiger partial charge on any atom is -0.373 e. The van der Waals surface area contributed by atoms with Crippen molar-refractivity contribution < 1.29 is 4.79 Å². The number of aryl methyl sites for hydroxylation is 2. The van der Waals surface area contributed by atoms with Crippen LogP contribution in [0.1, 0.15) is 46.5 Å². The van der Waals surface area contributed by atoms with Gasteiger partial charge in [-0.1, -0.05) is 0 Å². The zero-order chi connectivity index (χ0) is 18.1. The van der Waals surface area contributed by atoms with Gasteiger partial charge >= 0.3 is 0 Å². The van der Waals surface area contributed by atoms with Gasteiger partial charge in [-0.3, -0.25) is 9.59 Å². The number of likely N-dealkylation sites (tertiary alicyclic amines) is 1. The van der Waals surface area contributed by atoms with E-state index >= 15 is 0 Å². The first-order chi connectivity index (χ1) is 11.9. The van der Waals surface area contributed by atoms with Gasteiger partial charge in [0.2, 0.25) is 0 Å². The minimum absolute atomic E-state index is 0.132.